The Balaban J connectivity index is 1.75. The number of benzene rings is 2. The van der Waals surface area contributed by atoms with Crippen LogP contribution in [0.25, 0.3) is 0 Å². The molecule has 3 rings (SSSR count). The molecule has 0 aromatic heterocycles. The number of fused-ring (bicyclic) bond motifs is 1. The Bertz CT molecular complexity index is 806. The molecular weight excluding hydrogens is 339 g/mol. The number of amides is 1. The van der Waals surface area contributed by atoms with Gasteiger partial charge in [-0.05, 0) is 43.3 Å². The van der Waals surface area contributed by atoms with Crippen LogP contribution in [0.4, 0.5) is 0 Å². The number of carbonyl (C=O) groups is 1. The van der Waals surface area contributed by atoms with E-state index >= 15 is 0 Å². The summed E-state index contributed by atoms with van der Waals surface area (Å²) in [5.74, 6) is 0.939. The van der Waals surface area contributed by atoms with Gasteiger partial charge < -0.3 is 9.47 Å². The molecule has 7 heteroatoms. The first-order chi connectivity index (χ1) is 11.0. The minimum absolute atomic E-state index is 0.209. The minimum atomic E-state index is -0.410. The number of hydrogen-bond donors (Lipinski definition) is 1. The van der Waals surface area contributed by atoms with Gasteiger partial charge in [0.25, 0.3) is 5.91 Å². The standard InChI is InChI=1S/C16H12Cl2N2O3/c1-9(10-2-5-14-15(6-10)23-8-22-14)19-20-16(21)12-4-3-11(17)7-13(12)18/h2-7H,8H2,1H3,(H,20,21). The molecule has 1 N–H and O–H groups in total. The second kappa shape index (κ2) is 6.48. The Kier molecular flexibility index (Phi) is 4.41. The number of hydrazone groups is 1. The number of nitrogens with one attached hydrogen (secondary N) is 1. The fourth-order valence-corrected chi connectivity index (χ4v) is 2.55. The molecule has 5 nitrogen and oxygen atoms in total. The van der Waals surface area contributed by atoms with Crippen LogP contribution in [-0.4, -0.2) is 18.4 Å². The number of halogens is 2. The van der Waals surface area contributed by atoms with Gasteiger partial charge >= 0.3 is 0 Å². The van der Waals surface area contributed by atoms with Crippen molar-refractivity contribution in [2.75, 3.05) is 6.79 Å². The fraction of sp³-hybridized carbons (Fsp3) is 0.125. The molecule has 1 heterocycles. The van der Waals surface area contributed by atoms with E-state index in [0.717, 1.165) is 5.56 Å². The zero-order chi connectivity index (χ0) is 16.4. The van der Waals surface area contributed by atoms with Crippen molar-refractivity contribution in [2.45, 2.75) is 6.92 Å². The summed E-state index contributed by atoms with van der Waals surface area (Å²) in [5.41, 5.74) is 4.22. The summed E-state index contributed by atoms with van der Waals surface area (Å²) in [4.78, 5) is 12.1. The summed E-state index contributed by atoms with van der Waals surface area (Å²) in [6, 6.07) is 10.1. The summed E-state index contributed by atoms with van der Waals surface area (Å²) >= 11 is 11.8. The summed E-state index contributed by atoms with van der Waals surface area (Å²) in [6.07, 6.45) is 0. The number of ether oxygens (including phenoxy) is 2. The van der Waals surface area contributed by atoms with E-state index in [4.69, 9.17) is 32.7 Å². The van der Waals surface area contributed by atoms with Crippen molar-refractivity contribution < 1.29 is 14.3 Å². The lowest BCUT2D eigenvalue weighted by Crippen LogP contribution is -2.19. The lowest BCUT2D eigenvalue weighted by Gasteiger charge is -2.05. The van der Waals surface area contributed by atoms with Gasteiger partial charge in [0.05, 0.1) is 16.3 Å². The summed E-state index contributed by atoms with van der Waals surface area (Å²) in [7, 11) is 0. The van der Waals surface area contributed by atoms with Crippen molar-refractivity contribution in [2.24, 2.45) is 5.10 Å². The molecule has 2 aromatic carbocycles. The van der Waals surface area contributed by atoms with Gasteiger partial charge in [0.1, 0.15) is 0 Å². The van der Waals surface area contributed by atoms with E-state index in [1.54, 1.807) is 25.1 Å². The second-order valence-electron chi connectivity index (χ2n) is 4.83. The number of hydrogen-bond acceptors (Lipinski definition) is 4. The fourth-order valence-electron chi connectivity index (χ4n) is 2.05. The Hall–Kier alpha value is -2.24. The highest BCUT2D eigenvalue weighted by Gasteiger charge is 2.14. The SMILES string of the molecule is CC(=NNC(=O)c1ccc(Cl)cc1Cl)c1ccc2c(c1)OCO2. The molecule has 0 saturated carbocycles. The highest BCUT2D eigenvalue weighted by molar-refractivity contribution is 6.36. The van der Waals surface area contributed by atoms with E-state index in [1.807, 2.05) is 12.1 Å². The van der Waals surface area contributed by atoms with Crippen molar-refractivity contribution in [3.63, 3.8) is 0 Å². The highest BCUT2D eigenvalue weighted by atomic mass is 35.5. The van der Waals surface area contributed by atoms with Gasteiger partial charge in [-0.1, -0.05) is 23.2 Å². The van der Waals surface area contributed by atoms with Crippen LogP contribution in [0.2, 0.25) is 10.0 Å². The molecule has 0 saturated heterocycles. The molecule has 0 radical (unpaired) electrons. The maximum atomic E-state index is 12.1. The van der Waals surface area contributed by atoms with Crippen LogP contribution in [0.5, 0.6) is 11.5 Å². The Labute approximate surface area is 142 Å². The van der Waals surface area contributed by atoms with Crippen molar-refractivity contribution in [1.82, 2.24) is 5.43 Å². The van der Waals surface area contributed by atoms with Crippen molar-refractivity contribution in [3.8, 4) is 11.5 Å². The molecule has 118 valence electrons. The third kappa shape index (κ3) is 3.41. The Morgan fingerprint density at radius 3 is 2.70 bits per heavy atom. The third-order valence-electron chi connectivity index (χ3n) is 3.29. The first-order valence-corrected chi connectivity index (χ1v) is 7.50. The van der Waals surface area contributed by atoms with E-state index in [9.17, 15) is 4.79 Å². The Morgan fingerprint density at radius 1 is 1.13 bits per heavy atom. The molecule has 0 bridgehead atoms. The minimum Gasteiger partial charge on any atom is -0.454 e. The molecule has 0 atom stereocenters. The molecule has 0 unspecified atom stereocenters. The normalized spacial score (nSPS) is 13.1. The lowest BCUT2D eigenvalue weighted by atomic mass is 10.1. The van der Waals surface area contributed by atoms with Gasteiger partial charge in [0.2, 0.25) is 6.79 Å². The second-order valence-corrected chi connectivity index (χ2v) is 5.67. The first kappa shape index (κ1) is 15.6. The van der Waals surface area contributed by atoms with E-state index < -0.39 is 5.91 Å². The molecule has 1 aliphatic heterocycles. The van der Waals surface area contributed by atoms with Gasteiger partial charge in [0, 0.05) is 10.6 Å². The topological polar surface area (TPSA) is 59.9 Å². The first-order valence-electron chi connectivity index (χ1n) is 6.74. The maximum absolute atomic E-state index is 12.1. The molecule has 0 aliphatic carbocycles. The van der Waals surface area contributed by atoms with Crippen LogP contribution in [0.3, 0.4) is 0 Å². The van der Waals surface area contributed by atoms with Crippen LogP contribution in [0, 0.1) is 0 Å². The van der Waals surface area contributed by atoms with Gasteiger partial charge in [-0.2, -0.15) is 5.10 Å². The largest absolute Gasteiger partial charge is 0.454 e. The van der Waals surface area contributed by atoms with E-state index in [2.05, 4.69) is 10.5 Å². The van der Waals surface area contributed by atoms with Crippen LogP contribution >= 0.6 is 23.2 Å². The molecule has 23 heavy (non-hydrogen) atoms. The smallest absolute Gasteiger partial charge is 0.272 e. The van der Waals surface area contributed by atoms with Gasteiger partial charge in [-0.3, -0.25) is 4.79 Å². The Morgan fingerprint density at radius 2 is 1.91 bits per heavy atom. The van der Waals surface area contributed by atoms with E-state index in [0.29, 0.717) is 27.8 Å². The monoisotopic (exact) mass is 350 g/mol. The zero-order valence-corrected chi connectivity index (χ0v) is 13.6. The van der Waals surface area contributed by atoms with Crippen LogP contribution in [0.1, 0.15) is 22.8 Å². The molecule has 1 amide bonds. The molecule has 0 spiro atoms. The predicted molar refractivity (Wildman–Crippen MR) is 88.7 cm³/mol. The lowest BCUT2D eigenvalue weighted by molar-refractivity contribution is 0.0955. The van der Waals surface area contributed by atoms with Crippen molar-refractivity contribution in [3.05, 3.63) is 57.6 Å². The van der Waals surface area contributed by atoms with Crippen molar-refractivity contribution >= 4 is 34.8 Å². The summed E-state index contributed by atoms with van der Waals surface area (Å²) in [5, 5.41) is 4.82. The maximum Gasteiger partial charge on any atom is 0.272 e. The number of carbonyl (C=O) groups excluding carboxylic acids is 1. The van der Waals surface area contributed by atoms with Crippen molar-refractivity contribution in [1.29, 1.82) is 0 Å². The predicted octanol–water partition coefficient (Wildman–Crippen LogP) is 3.88. The summed E-state index contributed by atoms with van der Waals surface area (Å²) < 4.78 is 10.6. The van der Waals surface area contributed by atoms with E-state index in [-0.39, 0.29) is 11.8 Å². The van der Waals surface area contributed by atoms with Gasteiger partial charge in [-0.25, -0.2) is 5.43 Å². The molecule has 2 aromatic rings. The quantitative estimate of drug-likeness (QED) is 0.674. The average Bonchev–Trinajstić information content (AvgIpc) is 2.99. The van der Waals surface area contributed by atoms with Crippen LogP contribution in [-0.2, 0) is 0 Å². The molecule has 0 fully saturated rings. The number of rotatable bonds is 3. The third-order valence-corrected chi connectivity index (χ3v) is 3.84. The molecule has 1 aliphatic rings. The average molecular weight is 351 g/mol. The van der Waals surface area contributed by atoms with E-state index in [1.165, 1.54) is 6.07 Å². The molecular formula is C16H12Cl2N2O3. The van der Waals surface area contributed by atoms with Crippen LogP contribution < -0.4 is 14.9 Å². The number of nitrogens with zero attached hydrogens (tertiary/aromatic N) is 1. The van der Waals surface area contributed by atoms with Gasteiger partial charge in [-0.15, -0.1) is 0 Å². The zero-order valence-electron chi connectivity index (χ0n) is 12.1. The van der Waals surface area contributed by atoms with Gasteiger partial charge in [0.15, 0.2) is 11.5 Å². The van der Waals surface area contributed by atoms with Crippen LogP contribution in [0.15, 0.2) is 41.5 Å². The highest BCUT2D eigenvalue weighted by Crippen LogP contribution is 2.32. The summed E-state index contributed by atoms with van der Waals surface area (Å²) in [6.45, 7) is 1.99.